The molecule has 1 heterocycles. The zero-order valence-corrected chi connectivity index (χ0v) is 14.0. The molecule has 2 rings (SSSR count). The summed E-state index contributed by atoms with van der Waals surface area (Å²) in [5, 5.41) is 0. The van der Waals surface area contributed by atoms with Crippen molar-refractivity contribution >= 4 is 5.91 Å². The molecule has 3 heteroatoms. The number of nitrogens with zero attached hydrogens (tertiary/aromatic N) is 1. The summed E-state index contributed by atoms with van der Waals surface area (Å²) in [6, 6.07) is 10.2. The third-order valence-corrected chi connectivity index (χ3v) is 4.56. The molecule has 1 fully saturated rings. The Morgan fingerprint density at radius 3 is 2.64 bits per heavy atom. The maximum Gasteiger partial charge on any atom is 0.224 e. The first-order chi connectivity index (χ1) is 10.6. The minimum atomic E-state index is -0.198. The molecule has 0 aromatic heterocycles. The summed E-state index contributed by atoms with van der Waals surface area (Å²) in [5.74, 6) is 0.852. The molecule has 1 saturated heterocycles. The second-order valence-electron chi connectivity index (χ2n) is 6.94. The molecule has 3 nitrogen and oxygen atoms in total. The largest absolute Gasteiger partial charge is 0.340 e. The predicted molar refractivity (Wildman–Crippen MR) is 91.4 cm³/mol. The van der Waals surface area contributed by atoms with E-state index in [0.717, 1.165) is 31.4 Å². The smallest absolute Gasteiger partial charge is 0.224 e. The molecule has 0 saturated carbocycles. The van der Waals surface area contributed by atoms with E-state index in [1.807, 2.05) is 30.3 Å². The van der Waals surface area contributed by atoms with E-state index < -0.39 is 0 Å². The molecule has 2 atom stereocenters. The summed E-state index contributed by atoms with van der Waals surface area (Å²) >= 11 is 0. The van der Waals surface area contributed by atoms with E-state index in [9.17, 15) is 4.79 Å². The Labute approximate surface area is 134 Å². The number of rotatable bonds is 5. The van der Waals surface area contributed by atoms with Crippen LogP contribution in [0.3, 0.4) is 0 Å². The number of benzene rings is 1. The number of carbonyl (C=O) groups is 1. The van der Waals surface area contributed by atoms with Gasteiger partial charge in [-0.25, -0.2) is 0 Å². The molecule has 2 unspecified atom stereocenters. The van der Waals surface area contributed by atoms with Crippen molar-refractivity contribution in [3.8, 4) is 0 Å². The van der Waals surface area contributed by atoms with Gasteiger partial charge in [-0.05, 0) is 30.7 Å². The number of nitrogens with two attached hydrogens (primary N) is 1. The first-order valence-corrected chi connectivity index (χ1v) is 8.68. The molecule has 0 bridgehead atoms. The van der Waals surface area contributed by atoms with Gasteiger partial charge in [0, 0.05) is 25.0 Å². The van der Waals surface area contributed by atoms with Gasteiger partial charge in [0.05, 0.1) is 0 Å². The van der Waals surface area contributed by atoms with Crippen LogP contribution in [0.25, 0.3) is 0 Å². The summed E-state index contributed by atoms with van der Waals surface area (Å²) in [6.45, 7) is 5.38. The molecular formula is C19H30N2O. The van der Waals surface area contributed by atoms with Gasteiger partial charge >= 0.3 is 0 Å². The fourth-order valence-electron chi connectivity index (χ4n) is 3.42. The zero-order valence-electron chi connectivity index (χ0n) is 14.0. The van der Waals surface area contributed by atoms with Crippen molar-refractivity contribution in [2.45, 2.75) is 64.5 Å². The van der Waals surface area contributed by atoms with Crippen LogP contribution in [0.15, 0.2) is 30.3 Å². The maximum atomic E-state index is 12.8. The van der Waals surface area contributed by atoms with Gasteiger partial charge in [0.25, 0.3) is 0 Å². The average molecular weight is 302 g/mol. The van der Waals surface area contributed by atoms with E-state index in [4.69, 9.17) is 5.73 Å². The Morgan fingerprint density at radius 1 is 1.23 bits per heavy atom. The number of likely N-dealkylation sites (tertiary alicyclic amines) is 1. The quantitative estimate of drug-likeness (QED) is 0.897. The van der Waals surface area contributed by atoms with Crippen molar-refractivity contribution in [2.75, 3.05) is 6.54 Å². The lowest BCUT2D eigenvalue weighted by atomic mass is 9.97. The molecule has 1 amide bonds. The van der Waals surface area contributed by atoms with Gasteiger partial charge in [-0.3, -0.25) is 4.79 Å². The van der Waals surface area contributed by atoms with E-state index in [2.05, 4.69) is 18.7 Å². The molecule has 0 radical (unpaired) electrons. The van der Waals surface area contributed by atoms with Crippen molar-refractivity contribution in [2.24, 2.45) is 11.7 Å². The molecule has 2 N–H and O–H groups in total. The summed E-state index contributed by atoms with van der Waals surface area (Å²) < 4.78 is 0. The standard InChI is InChI=1S/C19H30N2O/c1-15(2)13-17-11-7-4-8-12-21(17)19(22)14-18(20)16-9-5-3-6-10-16/h3,5-6,9-10,15,17-18H,4,7-8,11-14,20H2,1-2H3. The summed E-state index contributed by atoms with van der Waals surface area (Å²) in [5.41, 5.74) is 7.29. The fraction of sp³-hybridized carbons (Fsp3) is 0.632. The van der Waals surface area contributed by atoms with Crippen LogP contribution in [0.5, 0.6) is 0 Å². The minimum absolute atomic E-state index is 0.198. The van der Waals surface area contributed by atoms with Crippen LogP contribution >= 0.6 is 0 Å². The highest BCUT2D eigenvalue weighted by molar-refractivity contribution is 5.77. The Kier molecular flexibility index (Phi) is 6.44. The van der Waals surface area contributed by atoms with Crippen molar-refractivity contribution < 1.29 is 4.79 Å². The van der Waals surface area contributed by atoms with Gasteiger partial charge in [-0.2, -0.15) is 0 Å². The Morgan fingerprint density at radius 2 is 1.95 bits per heavy atom. The molecule has 0 aliphatic carbocycles. The summed E-state index contributed by atoms with van der Waals surface area (Å²) in [7, 11) is 0. The monoisotopic (exact) mass is 302 g/mol. The van der Waals surface area contributed by atoms with E-state index in [-0.39, 0.29) is 11.9 Å². The van der Waals surface area contributed by atoms with Gasteiger partial charge in [0.2, 0.25) is 5.91 Å². The van der Waals surface area contributed by atoms with Gasteiger partial charge in [0.1, 0.15) is 0 Å². The van der Waals surface area contributed by atoms with Crippen molar-refractivity contribution in [3.05, 3.63) is 35.9 Å². The SMILES string of the molecule is CC(C)CC1CCCCCN1C(=O)CC(N)c1ccccc1. The fourth-order valence-corrected chi connectivity index (χ4v) is 3.42. The van der Waals surface area contributed by atoms with E-state index in [0.29, 0.717) is 18.4 Å². The third kappa shape index (κ3) is 4.84. The van der Waals surface area contributed by atoms with Gasteiger partial charge in [-0.1, -0.05) is 57.0 Å². The van der Waals surface area contributed by atoms with Crippen LogP contribution in [0.4, 0.5) is 0 Å². The van der Waals surface area contributed by atoms with Gasteiger partial charge in [-0.15, -0.1) is 0 Å². The van der Waals surface area contributed by atoms with Crippen LogP contribution in [0.1, 0.15) is 64.0 Å². The highest BCUT2D eigenvalue weighted by atomic mass is 16.2. The zero-order chi connectivity index (χ0) is 15.9. The molecule has 1 aliphatic heterocycles. The molecule has 1 aliphatic rings. The topological polar surface area (TPSA) is 46.3 Å². The number of hydrogen-bond acceptors (Lipinski definition) is 2. The van der Waals surface area contributed by atoms with Crippen molar-refractivity contribution in [1.82, 2.24) is 4.90 Å². The van der Waals surface area contributed by atoms with E-state index >= 15 is 0 Å². The van der Waals surface area contributed by atoms with E-state index in [1.54, 1.807) is 0 Å². The van der Waals surface area contributed by atoms with Crippen molar-refractivity contribution in [3.63, 3.8) is 0 Å². The highest BCUT2D eigenvalue weighted by Crippen LogP contribution is 2.24. The van der Waals surface area contributed by atoms with Crippen molar-refractivity contribution in [1.29, 1.82) is 0 Å². The number of amides is 1. The van der Waals surface area contributed by atoms with Gasteiger partial charge < -0.3 is 10.6 Å². The van der Waals surface area contributed by atoms with Crippen LogP contribution < -0.4 is 5.73 Å². The Hall–Kier alpha value is -1.35. The summed E-state index contributed by atoms with van der Waals surface area (Å²) in [6.07, 6.45) is 6.27. The van der Waals surface area contributed by atoms with Crippen LogP contribution in [-0.2, 0) is 4.79 Å². The molecule has 0 spiro atoms. The van der Waals surface area contributed by atoms with E-state index in [1.165, 1.54) is 12.8 Å². The Balaban J connectivity index is 2.01. The third-order valence-electron chi connectivity index (χ3n) is 4.56. The first-order valence-electron chi connectivity index (χ1n) is 8.68. The Bertz CT molecular complexity index is 458. The molecule has 122 valence electrons. The second kappa shape index (κ2) is 8.33. The predicted octanol–water partition coefficient (Wildman–Crippen LogP) is 3.89. The summed E-state index contributed by atoms with van der Waals surface area (Å²) in [4.78, 5) is 14.9. The first kappa shape index (κ1) is 17.0. The molecule has 1 aromatic carbocycles. The second-order valence-corrected chi connectivity index (χ2v) is 6.94. The number of carbonyl (C=O) groups excluding carboxylic acids is 1. The van der Waals surface area contributed by atoms with Crippen LogP contribution in [0.2, 0.25) is 0 Å². The minimum Gasteiger partial charge on any atom is -0.340 e. The van der Waals surface area contributed by atoms with Gasteiger partial charge in [0.15, 0.2) is 0 Å². The molecular weight excluding hydrogens is 272 g/mol. The molecule has 22 heavy (non-hydrogen) atoms. The lowest BCUT2D eigenvalue weighted by Crippen LogP contribution is -2.41. The number of hydrogen-bond donors (Lipinski definition) is 1. The lowest BCUT2D eigenvalue weighted by Gasteiger charge is -2.32. The maximum absolute atomic E-state index is 12.8. The van der Waals surface area contributed by atoms with Crippen LogP contribution in [0, 0.1) is 5.92 Å². The normalized spacial score (nSPS) is 20.7. The highest BCUT2D eigenvalue weighted by Gasteiger charge is 2.27. The molecule has 1 aromatic rings. The lowest BCUT2D eigenvalue weighted by molar-refractivity contribution is -0.134. The van der Waals surface area contributed by atoms with Crippen LogP contribution in [-0.4, -0.2) is 23.4 Å². The average Bonchev–Trinajstić information content (AvgIpc) is 2.73.